The average molecular weight is 314 g/mol. The normalized spacial score (nSPS) is 18.5. The molecule has 1 N–H and O–H groups in total. The molecule has 23 heavy (non-hydrogen) atoms. The van der Waals surface area contributed by atoms with Crippen molar-refractivity contribution in [1.82, 2.24) is 0 Å². The van der Waals surface area contributed by atoms with Crippen LogP contribution >= 0.6 is 0 Å². The van der Waals surface area contributed by atoms with E-state index in [1.807, 2.05) is 24.3 Å². The van der Waals surface area contributed by atoms with Crippen LogP contribution in [0.15, 0.2) is 36.4 Å². The van der Waals surface area contributed by atoms with Gasteiger partial charge in [-0.3, -0.25) is 0 Å². The van der Waals surface area contributed by atoms with Gasteiger partial charge in [-0.2, -0.15) is 0 Å². The Balaban J connectivity index is 1.74. The number of anilines is 2. The van der Waals surface area contributed by atoms with Gasteiger partial charge < -0.3 is 19.7 Å². The minimum Gasteiger partial charge on any atom is -0.454 e. The van der Waals surface area contributed by atoms with Gasteiger partial charge in [-0.15, -0.1) is 0 Å². The number of rotatable bonds is 3. The molecular formula is C18H19FN2O2. The summed E-state index contributed by atoms with van der Waals surface area (Å²) in [6.07, 6.45) is 0.981. The van der Waals surface area contributed by atoms with Gasteiger partial charge in [0.2, 0.25) is 6.79 Å². The average Bonchev–Trinajstić information content (AvgIpc) is 3.02. The predicted molar refractivity (Wildman–Crippen MR) is 87.7 cm³/mol. The van der Waals surface area contributed by atoms with Gasteiger partial charge in [-0.05, 0) is 12.5 Å². The van der Waals surface area contributed by atoms with Crippen LogP contribution in [0.1, 0.15) is 18.9 Å². The smallest absolute Gasteiger partial charge is 0.231 e. The third-order valence-electron chi connectivity index (χ3n) is 4.54. The summed E-state index contributed by atoms with van der Waals surface area (Å²) >= 11 is 0. The first-order valence-corrected chi connectivity index (χ1v) is 7.94. The molecule has 0 saturated heterocycles. The summed E-state index contributed by atoms with van der Waals surface area (Å²) in [5.74, 6) is 1.35. The van der Waals surface area contributed by atoms with Gasteiger partial charge in [0.1, 0.15) is 5.82 Å². The maximum atomic E-state index is 14.1. The van der Waals surface area contributed by atoms with Gasteiger partial charge in [0.25, 0.3) is 0 Å². The molecule has 0 bridgehead atoms. The second-order valence-electron chi connectivity index (χ2n) is 5.88. The number of nitrogens with one attached hydrogen (secondary N) is 1. The number of hydrogen-bond acceptors (Lipinski definition) is 4. The Morgan fingerprint density at radius 3 is 2.78 bits per heavy atom. The highest BCUT2D eigenvalue weighted by atomic mass is 19.1. The number of nitrogens with zero attached hydrogens (tertiary/aromatic N) is 1. The van der Waals surface area contributed by atoms with Crippen molar-refractivity contribution in [2.75, 3.05) is 23.6 Å². The molecule has 0 aliphatic carbocycles. The summed E-state index contributed by atoms with van der Waals surface area (Å²) in [6, 6.07) is 11.2. The van der Waals surface area contributed by atoms with E-state index in [9.17, 15) is 4.39 Å². The summed E-state index contributed by atoms with van der Waals surface area (Å²) in [6.45, 7) is 3.78. The third kappa shape index (κ3) is 2.46. The molecule has 4 nitrogen and oxygen atoms in total. The number of benzene rings is 2. The first-order chi connectivity index (χ1) is 11.3. The molecule has 2 aromatic rings. The number of fused-ring (bicyclic) bond motifs is 2. The van der Waals surface area contributed by atoms with Crippen molar-refractivity contribution >= 4 is 11.4 Å². The van der Waals surface area contributed by atoms with Crippen LogP contribution < -0.4 is 19.7 Å². The Hall–Kier alpha value is -2.43. The van der Waals surface area contributed by atoms with E-state index < -0.39 is 0 Å². The van der Waals surface area contributed by atoms with Crippen molar-refractivity contribution in [3.8, 4) is 11.5 Å². The van der Waals surface area contributed by atoms with Gasteiger partial charge in [0.05, 0.1) is 11.4 Å². The molecule has 0 saturated carbocycles. The summed E-state index contributed by atoms with van der Waals surface area (Å²) in [5, 5.41) is 3.45. The molecule has 2 aromatic carbocycles. The third-order valence-corrected chi connectivity index (χ3v) is 4.54. The van der Waals surface area contributed by atoms with Gasteiger partial charge in [0, 0.05) is 36.8 Å². The molecule has 1 atom stereocenters. The monoisotopic (exact) mass is 314 g/mol. The van der Waals surface area contributed by atoms with Crippen molar-refractivity contribution in [3.63, 3.8) is 0 Å². The highest BCUT2D eigenvalue weighted by Gasteiger charge is 2.28. The SMILES string of the molecule is CCC1CNc2cc3c(cc2N1Cc1ccccc1F)OCO3. The van der Waals surface area contributed by atoms with Crippen molar-refractivity contribution in [3.05, 3.63) is 47.8 Å². The van der Waals surface area contributed by atoms with E-state index in [-0.39, 0.29) is 12.6 Å². The number of hydrogen-bond donors (Lipinski definition) is 1. The number of ether oxygens (including phenoxy) is 2. The Kier molecular flexibility index (Phi) is 3.48. The zero-order chi connectivity index (χ0) is 15.8. The Morgan fingerprint density at radius 1 is 1.22 bits per heavy atom. The van der Waals surface area contributed by atoms with E-state index in [2.05, 4.69) is 17.1 Å². The Morgan fingerprint density at radius 2 is 2.00 bits per heavy atom. The molecule has 0 spiro atoms. The minimum atomic E-state index is -0.164. The second kappa shape index (κ2) is 5.65. The molecule has 0 radical (unpaired) electrons. The predicted octanol–water partition coefficient (Wildman–Crippen LogP) is 3.77. The summed E-state index contributed by atoms with van der Waals surface area (Å²) in [4.78, 5) is 2.26. The molecule has 2 heterocycles. The van der Waals surface area contributed by atoms with E-state index >= 15 is 0 Å². The first-order valence-electron chi connectivity index (χ1n) is 7.94. The van der Waals surface area contributed by atoms with Gasteiger partial charge >= 0.3 is 0 Å². The molecule has 0 fully saturated rings. The maximum Gasteiger partial charge on any atom is 0.231 e. The largest absolute Gasteiger partial charge is 0.454 e. The lowest BCUT2D eigenvalue weighted by molar-refractivity contribution is 0.174. The fraction of sp³-hybridized carbons (Fsp3) is 0.333. The van der Waals surface area contributed by atoms with Crippen LogP contribution in [0.25, 0.3) is 0 Å². The Labute approximate surface area is 134 Å². The fourth-order valence-corrected chi connectivity index (χ4v) is 3.23. The van der Waals surface area contributed by atoms with Crippen LogP contribution in [0.4, 0.5) is 15.8 Å². The standard InChI is InChI=1S/C18H19FN2O2/c1-2-13-9-20-15-7-17-18(23-11-22-17)8-16(15)21(13)10-12-5-3-4-6-14(12)19/h3-8,13,20H,2,9-11H2,1H3. The van der Waals surface area contributed by atoms with E-state index in [4.69, 9.17) is 9.47 Å². The molecule has 2 aliphatic heterocycles. The molecule has 1 unspecified atom stereocenters. The molecule has 2 aliphatic rings. The zero-order valence-electron chi connectivity index (χ0n) is 13.0. The van der Waals surface area contributed by atoms with E-state index in [1.165, 1.54) is 6.07 Å². The summed E-state index contributed by atoms with van der Waals surface area (Å²) < 4.78 is 25.0. The van der Waals surface area contributed by atoms with Crippen LogP contribution in [-0.2, 0) is 6.54 Å². The van der Waals surface area contributed by atoms with E-state index in [0.29, 0.717) is 18.2 Å². The molecule has 120 valence electrons. The fourth-order valence-electron chi connectivity index (χ4n) is 3.23. The minimum absolute atomic E-state index is 0.164. The van der Waals surface area contributed by atoms with Crippen LogP contribution in [-0.4, -0.2) is 19.4 Å². The molecule has 4 rings (SSSR count). The molecule has 0 aromatic heterocycles. The quantitative estimate of drug-likeness (QED) is 0.935. The molecule has 0 amide bonds. The lowest BCUT2D eigenvalue weighted by Crippen LogP contribution is -2.43. The van der Waals surface area contributed by atoms with Gasteiger partial charge in [0.15, 0.2) is 11.5 Å². The first kappa shape index (κ1) is 14.2. The van der Waals surface area contributed by atoms with Crippen molar-refractivity contribution in [2.24, 2.45) is 0 Å². The van der Waals surface area contributed by atoms with Gasteiger partial charge in [-0.25, -0.2) is 4.39 Å². The van der Waals surface area contributed by atoms with Crippen LogP contribution in [0.2, 0.25) is 0 Å². The summed E-state index contributed by atoms with van der Waals surface area (Å²) in [7, 11) is 0. The topological polar surface area (TPSA) is 33.7 Å². The lowest BCUT2D eigenvalue weighted by Gasteiger charge is -2.39. The van der Waals surface area contributed by atoms with Crippen LogP contribution in [0.5, 0.6) is 11.5 Å². The number of halogens is 1. The van der Waals surface area contributed by atoms with Crippen molar-refractivity contribution in [1.29, 1.82) is 0 Å². The van der Waals surface area contributed by atoms with E-state index in [0.717, 1.165) is 35.8 Å². The summed E-state index contributed by atoms with van der Waals surface area (Å²) in [5.41, 5.74) is 2.75. The van der Waals surface area contributed by atoms with E-state index in [1.54, 1.807) is 6.07 Å². The Bertz CT molecular complexity index is 735. The van der Waals surface area contributed by atoms with Crippen molar-refractivity contribution < 1.29 is 13.9 Å². The molecule has 5 heteroatoms. The van der Waals surface area contributed by atoms with Crippen molar-refractivity contribution in [2.45, 2.75) is 25.9 Å². The lowest BCUT2D eigenvalue weighted by atomic mass is 10.0. The highest BCUT2D eigenvalue weighted by molar-refractivity contribution is 5.77. The van der Waals surface area contributed by atoms with Crippen LogP contribution in [0, 0.1) is 5.82 Å². The van der Waals surface area contributed by atoms with Gasteiger partial charge in [-0.1, -0.05) is 25.1 Å². The maximum absolute atomic E-state index is 14.1. The second-order valence-corrected chi connectivity index (χ2v) is 5.88. The molecular weight excluding hydrogens is 295 g/mol. The van der Waals surface area contributed by atoms with Crippen LogP contribution in [0.3, 0.4) is 0 Å². The highest BCUT2D eigenvalue weighted by Crippen LogP contribution is 2.44. The zero-order valence-corrected chi connectivity index (χ0v) is 13.0.